The molecule has 0 saturated carbocycles. The summed E-state index contributed by atoms with van der Waals surface area (Å²) in [6, 6.07) is 4.48. The van der Waals surface area contributed by atoms with Gasteiger partial charge >= 0.3 is 6.18 Å². The first-order valence-electron chi connectivity index (χ1n) is 5.60. The Bertz CT molecular complexity index is 546. The highest BCUT2D eigenvalue weighted by atomic mass is 19.4. The maximum atomic E-state index is 12.4. The molecule has 0 bridgehead atoms. The van der Waals surface area contributed by atoms with Crippen molar-refractivity contribution < 1.29 is 17.7 Å². The second-order valence-electron chi connectivity index (χ2n) is 4.21. The van der Waals surface area contributed by atoms with Gasteiger partial charge in [-0.3, -0.25) is 0 Å². The van der Waals surface area contributed by atoms with E-state index in [1.54, 1.807) is 6.92 Å². The Labute approximate surface area is 107 Å². The maximum Gasteiger partial charge on any atom is 0.416 e. The lowest BCUT2D eigenvalue weighted by molar-refractivity contribution is -0.137. The molecular weight excluding hydrogens is 259 g/mol. The summed E-state index contributed by atoms with van der Waals surface area (Å²) < 4.78 is 42.1. The van der Waals surface area contributed by atoms with Gasteiger partial charge in [0.15, 0.2) is 5.82 Å². The fourth-order valence-corrected chi connectivity index (χ4v) is 1.52. The molecule has 0 aliphatic rings. The monoisotopic (exact) mass is 271 g/mol. The molecule has 0 fully saturated rings. The van der Waals surface area contributed by atoms with Crippen LogP contribution in [0.5, 0.6) is 0 Å². The normalized spacial score (nSPS) is 13.5. The molecule has 1 heterocycles. The van der Waals surface area contributed by atoms with E-state index in [0.717, 1.165) is 12.1 Å². The zero-order valence-corrected chi connectivity index (χ0v) is 10.1. The van der Waals surface area contributed by atoms with Crippen LogP contribution in [0.4, 0.5) is 13.2 Å². The first-order valence-corrected chi connectivity index (χ1v) is 5.60. The largest absolute Gasteiger partial charge is 0.416 e. The number of hydrogen-bond donors (Lipinski definition) is 1. The summed E-state index contributed by atoms with van der Waals surface area (Å²) in [6.07, 6.45) is -4.03. The van der Waals surface area contributed by atoms with Crippen LogP contribution in [0.1, 0.15) is 35.8 Å². The third-order valence-electron chi connectivity index (χ3n) is 2.52. The van der Waals surface area contributed by atoms with Crippen molar-refractivity contribution in [1.29, 1.82) is 0 Å². The van der Waals surface area contributed by atoms with Gasteiger partial charge in [-0.05, 0) is 24.6 Å². The molecular formula is C12H12F3N3O. The molecule has 0 aliphatic heterocycles. The van der Waals surface area contributed by atoms with Crippen molar-refractivity contribution in [3.8, 4) is 0 Å². The minimum Gasteiger partial charge on any atom is -0.338 e. The van der Waals surface area contributed by atoms with Gasteiger partial charge in [-0.1, -0.05) is 17.3 Å². The highest BCUT2D eigenvalue weighted by Gasteiger charge is 2.29. The number of alkyl halides is 3. The Balaban J connectivity index is 2.11. The van der Waals surface area contributed by atoms with E-state index < -0.39 is 11.7 Å². The Hall–Kier alpha value is -1.89. The van der Waals surface area contributed by atoms with Crippen LogP contribution in [0.3, 0.4) is 0 Å². The number of aromatic nitrogens is 2. The summed E-state index contributed by atoms with van der Waals surface area (Å²) in [7, 11) is 0. The van der Waals surface area contributed by atoms with E-state index >= 15 is 0 Å². The predicted molar refractivity (Wildman–Crippen MR) is 61.2 cm³/mol. The fraction of sp³-hybridized carbons (Fsp3) is 0.333. The first kappa shape index (κ1) is 13.5. The van der Waals surface area contributed by atoms with Gasteiger partial charge in [0.05, 0.1) is 11.6 Å². The third-order valence-corrected chi connectivity index (χ3v) is 2.52. The summed E-state index contributed by atoms with van der Waals surface area (Å²) >= 11 is 0. The van der Waals surface area contributed by atoms with E-state index in [9.17, 15) is 13.2 Å². The molecule has 1 aromatic heterocycles. The van der Waals surface area contributed by atoms with Crippen molar-refractivity contribution in [1.82, 2.24) is 10.1 Å². The van der Waals surface area contributed by atoms with E-state index in [-0.39, 0.29) is 6.04 Å². The average molecular weight is 271 g/mol. The molecule has 2 N–H and O–H groups in total. The van der Waals surface area contributed by atoms with Gasteiger partial charge in [-0.15, -0.1) is 0 Å². The van der Waals surface area contributed by atoms with Crippen molar-refractivity contribution in [2.24, 2.45) is 5.73 Å². The predicted octanol–water partition coefficient (Wildman–Crippen LogP) is 2.70. The Morgan fingerprint density at radius 3 is 2.37 bits per heavy atom. The molecule has 4 nitrogen and oxygen atoms in total. The summed E-state index contributed by atoms with van der Waals surface area (Å²) in [5.74, 6) is 0.703. The number of nitrogens with two attached hydrogens (primary N) is 1. The number of benzene rings is 1. The highest BCUT2D eigenvalue weighted by molar-refractivity contribution is 5.26. The quantitative estimate of drug-likeness (QED) is 0.932. The zero-order valence-electron chi connectivity index (χ0n) is 10.1. The highest BCUT2D eigenvalue weighted by Crippen LogP contribution is 2.29. The van der Waals surface area contributed by atoms with Gasteiger partial charge in [0, 0.05) is 6.42 Å². The van der Waals surface area contributed by atoms with Crippen LogP contribution >= 0.6 is 0 Å². The number of halogens is 3. The Morgan fingerprint density at radius 1 is 1.26 bits per heavy atom. The molecule has 0 saturated heterocycles. The second-order valence-corrected chi connectivity index (χ2v) is 4.21. The lowest BCUT2D eigenvalue weighted by atomic mass is 10.1. The van der Waals surface area contributed by atoms with Crippen molar-refractivity contribution in [3.63, 3.8) is 0 Å². The molecule has 1 aromatic carbocycles. The van der Waals surface area contributed by atoms with Crippen molar-refractivity contribution >= 4 is 0 Å². The van der Waals surface area contributed by atoms with Gasteiger partial charge in [0.2, 0.25) is 5.89 Å². The van der Waals surface area contributed by atoms with Crippen LogP contribution in [-0.2, 0) is 12.6 Å². The molecule has 19 heavy (non-hydrogen) atoms. The SMILES string of the molecule is CC(N)c1nc(Cc2ccc(C(F)(F)F)cc2)no1. The molecule has 2 aromatic rings. The van der Waals surface area contributed by atoms with Crippen LogP contribution < -0.4 is 5.73 Å². The van der Waals surface area contributed by atoms with Crippen LogP contribution in [-0.4, -0.2) is 10.1 Å². The van der Waals surface area contributed by atoms with E-state index in [1.165, 1.54) is 12.1 Å². The smallest absolute Gasteiger partial charge is 0.338 e. The van der Waals surface area contributed by atoms with E-state index in [0.29, 0.717) is 23.7 Å². The standard InChI is InChI=1S/C12H12F3N3O/c1-7(16)11-17-10(18-19-11)6-8-2-4-9(5-3-8)12(13,14)15/h2-5,7H,6,16H2,1H3. The van der Waals surface area contributed by atoms with Crippen molar-refractivity contribution in [2.45, 2.75) is 25.6 Å². The first-order chi connectivity index (χ1) is 8.86. The van der Waals surface area contributed by atoms with Gasteiger partial charge < -0.3 is 10.3 Å². The van der Waals surface area contributed by atoms with Crippen molar-refractivity contribution in [3.05, 3.63) is 47.1 Å². The molecule has 2 rings (SSSR count). The van der Waals surface area contributed by atoms with E-state index in [1.807, 2.05) is 0 Å². The van der Waals surface area contributed by atoms with Crippen LogP contribution in [0.2, 0.25) is 0 Å². The number of hydrogen-bond acceptors (Lipinski definition) is 4. The zero-order chi connectivity index (χ0) is 14.0. The van der Waals surface area contributed by atoms with Crippen molar-refractivity contribution in [2.75, 3.05) is 0 Å². The van der Waals surface area contributed by atoms with Gasteiger partial charge in [-0.2, -0.15) is 18.2 Å². The fourth-order valence-electron chi connectivity index (χ4n) is 1.52. The summed E-state index contributed by atoms with van der Waals surface area (Å²) in [6.45, 7) is 1.70. The molecule has 0 aliphatic carbocycles. The molecule has 102 valence electrons. The van der Waals surface area contributed by atoms with E-state index in [4.69, 9.17) is 10.3 Å². The van der Waals surface area contributed by atoms with Crippen LogP contribution in [0, 0.1) is 0 Å². The van der Waals surface area contributed by atoms with Crippen LogP contribution in [0.25, 0.3) is 0 Å². The Kier molecular flexibility index (Phi) is 3.57. The number of nitrogens with zero attached hydrogens (tertiary/aromatic N) is 2. The topological polar surface area (TPSA) is 64.9 Å². The lowest BCUT2D eigenvalue weighted by Gasteiger charge is -2.06. The summed E-state index contributed by atoms with van der Waals surface area (Å²) in [5.41, 5.74) is 5.56. The van der Waals surface area contributed by atoms with Gasteiger partial charge in [0.1, 0.15) is 0 Å². The minimum absolute atomic E-state index is 0.300. The second kappa shape index (κ2) is 5.00. The van der Waals surface area contributed by atoms with Crippen LogP contribution in [0.15, 0.2) is 28.8 Å². The van der Waals surface area contributed by atoms with Gasteiger partial charge in [0.25, 0.3) is 0 Å². The summed E-state index contributed by atoms with van der Waals surface area (Å²) in [4.78, 5) is 4.05. The molecule has 1 atom stereocenters. The summed E-state index contributed by atoms with van der Waals surface area (Å²) in [5, 5.41) is 3.72. The average Bonchev–Trinajstić information content (AvgIpc) is 2.77. The third kappa shape index (κ3) is 3.31. The van der Waals surface area contributed by atoms with Gasteiger partial charge in [-0.25, -0.2) is 0 Å². The Morgan fingerprint density at radius 2 is 1.89 bits per heavy atom. The molecule has 0 amide bonds. The van der Waals surface area contributed by atoms with E-state index in [2.05, 4.69) is 10.1 Å². The lowest BCUT2D eigenvalue weighted by Crippen LogP contribution is -2.05. The minimum atomic E-state index is -4.33. The molecule has 0 spiro atoms. The maximum absolute atomic E-state index is 12.4. The molecule has 0 radical (unpaired) electrons. The molecule has 7 heteroatoms. The molecule has 1 unspecified atom stereocenters. The number of rotatable bonds is 3.